The maximum atomic E-state index is 4.85. The van der Waals surface area contributed by atoms with Gasteiger partial charge in [-0.1, -0.05) is 28.1 Å². The lowest BCUT2D eigenvalue weighted by atomic mass is 9.96. The summed E-state index contributed by atoms with van der Waals surface area (Å²) >= 11 is 3.58. The lowest BCUT2D eigenvalue weighted by molar-refractivity contribution is 0.691. The predicted octanol–water partition coefficient (Wildman–Crippen LogP) is 3.63. The highest BCUT2D eigenvalue weighted by Gasteiger charge is 2.44. The van der Waals surface area contributed by atoms with Crippen molar-refractivity contribution in [3.63, 3.8) is 0 Å². The molecule has 1 aliphatic rings. The maximum absolute atomic E-state index is 4.85. The monoisotopic (exact) mass is 531 g/mol. The smallest absolute Gasteiger partial charge is 0.191 e. The number of nitrogens with one attached hydrogen (secondary N) is 2. The van der Waals surface area contributed by atoms with E-state index in [1.54, 1.807) is 0 Å². The van der Waals surface area contributed by atoms with Crippen LogP contribution in [0.5, 0.6) is 0 Å². The number of hydrogen-bond acceptors (Lipinski definition) is 2. The number of halogens is 2. The van der Waals surface area contributed by atoms with Gasteiger partial charge in [-0.2, -0.15) is 5.10 Å². The molecule has 0 unspecified atom stereocenters. The maximum Gasteiger partial charge on any atom is 0.191 e. The van der Waals surface area contributed by atoms with Crippen LogP contribution in [0.3, 0.4) is 0 Å². The van der Waals surface area contributed by atoms with Crippen molar-refractivity contribution in [1.82, 2.24) is 20.4 Å². The molecule has 1 fully saturated rings. The molecular formula is C19H27BrIN5. The minimum absolute atomic E-state index is 0. The van der Waals surface area contributed by atoms with E-state index in [0.717, 1.165) is 36.5 Å². The molecular weight excluding hydrogens is 505 g/mol. The summed E-state index contributed by atoms with van der Waals surface area (Å²) in [7, 11) is 1.94. The molecule has 7 heteroatoms. The van der Waals surface area contributed by atoms with Gasteiger partial charge in [0.25, 0.3) is 0 Å². The van der Waals surface area contributed by atoms with Crippen LogP contribution in [0, 0.1) is 0 Å². The molecule has 0 atom stereocenters. The van der Waals surface area contributed by atoms with Gasteiger partial charge in [-0.15, -0.1) is 24.0 Å². The van der Waals surface area contributed by atoms with E-state index in [4.69, 9.17) is 4.99 Å². The normalized spacial score (nSPS) is 15.3. The first kappa shape index (κ1) is 21.2. The van der Waals surface area contributed by atoms with Gasteiger partial charge in [0.05, 0.1) is 12.7 Å². The van der Waals surface area contributed by atoms with E-state index >= 15 is 0 Å². The molecule has 142 valence electrons. The highest BCUT2D eigenvalue weighted by molar-refractivity contribution is 14.0. The first-order chi connectivity index (χ1) is 12.1. The van der Waals surface area contributed by atoms with Crippen LogP contribution in [-0.4, -0.2) is 35.4 Å². The second kappa shape index (κ2) is 9.73. The Hall–Kier alpha value is -1.09. The quantitative estimate of drug-likeness (QED) is 0.326. The van der Waals surface area contributed by atoms with Crippen LogP contribution in [-0.2, 0) is 18.9 Å². The molecule has 26 heavy (non-hydrogen) atoms. The third kappa shape index (κ3) is 5.70. The topological polar surface area (TPSA) is 54.2 Å². The van der Waals surface area contributed by atoms with E-state index in [1.807, 2.05) is 17.9 Å². The summed E-state index contributed by atoms with van der Waals surface area (Å²) < 4.78 is 2.98. The summed E-state index contributed by atoms with van der Waals surface area (Å²) in [5.74, 6) is 0.896. The van der Waals surface area contributed by atoms with Gasteiger partial charge in [0, 0.05) is 36.2 Å². The SMILES string of the molecule is CCNC(=NCC1(c2cccc(Br)c2)CC1)NCCc1cnn(C)c1.I. The molecule has 5 nitrogen and oxygen atoms in total. The zero-order valence-corrected chi connectivity index (χ0v) is 19.3. The minimum atomic E-state index is 0. The summed E-state index contributed by atoms with van der Waals surface area (Å²) in [6, 6.07) is 8.63. The van der Waals surface area contributed by atoms with E-state index in [1.165, 1.54) is 24.0 Å². The largest absolute Gasteiger partial charge is 0.357 e. The Bertz CT molecular complexity index is 739. The summed E-state index contributed by atoms with van der Waals surface area (Å²) in [4.78, 5) is 4.85. The zero-order valence-electron chi connectivity index (χ0n) is 15.3. The Morgan fingerprint density at radius 2 is 2.15 bits per heavy atom. The summed E-state index contributed by atoms with van der Waals surface area (Å²) in [6.07, 6.45) is 7.33. The van der Waals surface area contributed by atoms with Crippen LogP contribution in [0.2, 0.25) is 0 Å². The van der Waals surface area contributed by atoms with Gasteiger partial charge in [-0.25, -0.2) is 0 Å². The fourth-order valence-corrected chi connectivity index (χ4v) is 3.40. The van der Waals surface area contributed by atoms with Crippen molar-refractivity contribution in [3.8, 4) is 0 Å². The molecule has 1 heterocycles. The molecule has 2 N–H and O–H groups in total. The first-order valence-electron chi connectivity index (χ1n) is 8.87. The Balaban J connectivity index is 0.00000243. The molecule has 0 aliphatic heterocycles. The number of hydrogen-bond donors (Lipinski definition) is 2. The van der Waals surface area contributed by atoms with Gasteiger partial charge in [0.15, 0.2) is 5.96 Å². The number of benzene rings is 1. The zero-order chi connectivity index (χ0) is 17.7. The van der Waals surface area contributed by atoms with Crippen molar-refractivity contribution in [2.45, 2.75) is 31.6 Å². The van der Waals surface area contributed by atoms with Crippen LogP contribution < -0.4 is 10.6 Å². The van der Waals surface area contributed by atoms with Crippen molar-refractivity contribution in [1.29, 1.82) is 0 Å². The highest BCUT2D eigenvalue weighted by Crippen LogP contribution is 2.48. The van der Waals surface area contributed by atoms with E-state index < -0.39 is 0 Å². The van der Waals surface area contributed by atoms with E-state index in [9.17, 15) is 0 Å². The lowest BCUT2D eigenvalue weighted by Crippen LogP contribution is -2.39. The number of aromatic nitrogens is 2. The third-order valence-electron chi connectivity index (χ3n) is 4.64. The van der Waals surface area contributed by atoms with Gasteiger partial charge in [0.2, 0.25) is 0 Å². The first-order valence-corrected chi connectivity index (χ1v) is 9.66. The van der Waals surface area contributed by atoms with Gasteiger partial charge in [-0.05, 0) is 49.4 Å². The predicted molar refractivity (Wildman–Crippen MR) is 121 cm³/mol. The number of guanidine groups is 1. The van der Waals surface area contributed by atoms with Gasteiger partial charge in [0.1, 0.15) is 0 Å². The number of nitrogens with zero attached hydrogens (tertiary/aromatic N) is 3. The van der Waals surface area contributed by atoms with Crippen molar-refractivity contribution in [2.24, 2.45) is 12.0 Å². The average molecular weight is 532 g/mol. The highest BCUT2D eigenvalue weighted by atomic mass is 127. The molecule has 0 radical (unpaired) electrons. The van der Waals surface area contributed by atoms with Crippen LogP contribution in [0.15, 0.2) is 46.1 Å². The van der Waals surface area contributed by atoms with Gasteiger partial charge < -0.3 is 10.6 Å². The lowest BCUT2D eigenvalue weighted by Gasteiger charge is -2.16. The Morgan fingerprint density at radius 3 is 2.77 bits per heavy atom. The van der Waals surface area contributed by atoms with Crippen molar-refractivity contribution in [3.05, 3.63) is 52.3 Å². The molecule has 1 aliphatic carbocycles. The van der Waals surface area contributed by atoms with Crippen LogP contribution >= 0.6 is 39.9 Å². The second-order valence-electron chi connectivity index (χ2n) is 6.68. The van der Waals surface area contributed by atoms with Crippen LogP contribution in [0.25, 0.3) is 0 Å². The summed E-state index contributed by atoms with van der Waals surface area (Å²) in [5, 5.41) is 11.0. The molecule has 3 rings (SSSR count). The van der Waals surface area contributed by atoms with E-state index in [0.29, 0.717) is 0 Å². The molecule has 0 amide bonds. The third-order valence-corrected chi connectivity index (χ3v) is 5.13. The minimum Gasteiger partial charge on any atom is -0.357 e. The number of aliphatic imine (C=N–C) groups is 1. The summed E-state index contributed by atoms with van der Waals surface area (Å²) in [5.41, 5.74) is 2.84. The molecule has 2 aromatic rings. The average Bonchev–Trinajstić information content (AvgIpc) is 3.28. The molecule has 1 saturated carbocycles. The van der Waals surface area contributed by atoms with Crippen molar-refractivity contribution >= 4 is 45.9 Å². The Labute approximate surface area is 181 Å². The van der Waals surface area contributed by atoms with Crippen molar-refractivity contribution < 1.29 is 0 Å². The fraction of sp³-hybridized carbons (Fsp3) is 0.474. The second-order valence-corrected chi connectivity index (χ2v) is 7.60. The molecule has 0 bridgehead atoms. The summed E-state index contributed by atoms with van der Waals surface area (Å²) in [6.45, 7) is 4.63. The van der Waals surface area contributed by atoms with Gasteiger partial charge in [-0.3, -0.25) is 9.67 Å². The van der Waals surface area contributed by atoms with Crippen LogP contribution in [0.1, 0.15) is 30.9 Å². The van der Waals surface area contributed by atoms with E-state index in [2.05, 4.69) is 69.0 Å². The molecule has 0 saturated heterocycles. The Morgan fingerprint density at radius 1 is 1.35 bits per heavy atom. The molecule has 1 aromatic heterocycles. The number of aryl methyl sites for hydroxylation is 1. The fourth-order valence-electron chi connectivity index (χ4n) is 3.01. The number of rotatable bonds is 7. The van der Waals surface area contributed by atoms with Crippen molar-refractivity contribution in [2.75, 3.05) is 19.6 Å². The molecule has 1 aromatic carbocycles. The Kier molecular flexibility index (Phi) is 7.94. The standard InChI is InChI=1S/C19H26BrN5.HI/c1-3-21-18(22-10-7-15-12-24-25(2)13-15)23-14-19(8-9-19)16-5-4-6-17(20)11-16;/h4-6,11-13H,3,7-10,14H2,1-2H3,(H2,21,22,23);1H. The molecule has 0 spiro atoms. The van der Waals surface area contributed by atoms with Gasteiger partial charge >= 0.3 is 0 Å². The van der Waals surface area contributed by atoms with E-state index in [-0.39, 0.29) is 29.4 Å². The van der Waals surface area contributed by atoms with Crippen LogP contribution in [0.4, 0.5) is 0 Å².